The fourth-order valence-electron chi connectivity index (χ4n) is 1.65. The van der Waals surface area contributed by atoms with Crippen LogP contribution in [0.4, 0.5) is 0 Å². The van der Waals surface area contributed by atoms with Gasteiger partial charge in [-0.3, -0.25) is 0 Å². The van der Waals surface area contributed by atoms with Gasteiger partial charge in [-0.15, -0.1) is 0 Å². The molecule has 0 amide bonds. The summed E-state index contributed by atoms with van der Waals surface area (Å²) in [5.74, 6) is 0.695. The molecule has 0 fully saturated rings. The molecule has 3 rings (SSSR count). The van der Waals surface area contributed by atoms with Crippen molar-refractivity contribution in [1.82, 2.24) is 15.1 Å². The zero-order valence-electron chi connectivity index (χ0n) is 9.85. The van der Waals surface area contributed by atoms with E-state index in [9.17, 15) is 0 Å². The molecule has 1 aromatic carbocycles. The molecule has 7 heteroatoms. The minimum atomic E-state index is 0.334. The van der Waals surface area contributed by atoms with Crippen molar-refractivity contribution >= 4 is 34.8 Å². The van der Waals surface area contributed by atoms with Crippen LogP contribution in [0.5, 0.6) is 0 Å². The SMILES string of the molecule is Clc1ccc(Cl)c(-c2noc(-c3ccnc(Cl)c3)n2)c1. The second-order valence-electron chi connectivity index (χ2n) is 3.91. The highest BCUT2D eigenvalue weighted by Crippen LogP contribution is 2.30. The molecule has 2 aromatic heterocycles. The van der Waals surface area contributed by atoms with E-state index in [1.807, 2.05) is 0 Å². The van der Waals surface area contributed by atoms with Crippen molar-refractivity contribution in [3.8, 4) is 22.8 Å². The third kappa shape index (κ3) is 2.63. The lowest BCUT2D eigenvalue weighted by atomic mass is 10.2. The van der Waals surface area contributed by atoms with Gasteiger partial charge >= 0.3 is 0 Å². The van der Waals surface area contributed by atoms with Gasteiger partial charge in [0, 0.05) is 22.3 Å². The molecule has 0 unspecified atom stereocenters. The molecule has 0 bridgehead atoms. The summed E-state index contributed by atoms with van der Waals surface area (Å²) < 4.78 is 5.21. The van der Waals surface area contributed by atoms with Crippen LogP contribution in [0.25, 0.3) is 22.8 Å². The van der Waals surface area contributed by atoms with Crippen LogP contribution in [0.15, 0.2) is 41.1 Å². The molecule has 0 aliphatic carbocycles. The fourth-order valence-corrected chi connectivity index (χ4v) is 2.20. The van der Waals surface area contributed by atoms with E-state index in [2.05, 4.69) is 15.1 Å². The second kappa shape index (κ2) is 5.40. The van der Waals surface area contributed by atoms with Gasteiger partial charge in [0.15, 0.2) is 0 Å². The summed E-state index contributed by atoms with van der Waals surface area (Å²) in [4.78, 5) is 8.18. The number of nitrogens with zero attached hydrogens (tertiary/aromatic N) is 3. The van der Waals surface area contributed by atoms with Crippen LogP contribution < -0.4 is 0 Å². The standard InChI is InChI=1S/C13H6Cl3N3O/c14-8-1-2-10(15)9(6-8)12-18-13(20-19-12)7-3-4-17-11(16)5-7/h1-6H. The molecule has 0 spiro atoms. The monoisotopic (exact) mass is 325 g/mol. The first kappa shape index (κ1) is 13.4. The first-order valence-corrected chi connectivity index (χ1v) is 6.68. The van der Waals surface area contributed by atoms with Gasteiger partial charge in [0.25, 0.3) is 5.89 Å². The first-order chi connectivity index (χ1) is 9.63. The maximum absolute atomic E-state index is 6.10. The van der Waals surface area contributed by atoms with Crippen LogP contribution in [0.1, 0.15) is 0 Å². The van der Waals surface area contributed by atoms with Gasteiger partial charge in [0.2, 0.25) is 5.82 Å². The zero-order chi connectivity index (χ0) is 14.1. The Morgan fingerprint density at radius 3 is 2.65 bits per heavy atom. The second-order valence-corrected chi connectivity index (χ2v) is 5.15. The quantitative estimate of drug-likeness (QED) is 0.637. The van der Waals surface area contributed by atoms with E-state index < -0.39 is 0 Å². The smallest absolute Gasteiger partial charge is 0.258 e. The lowest BCUT2D eigenvalue weighted by Crippen LogP contribution is -1.83. The minimum Gasteiger partial charge on any atom is -0.334 e. The predicted molar refractivity (Wildman–Crippen MR) is 78.0 cm³/mol. The number of hydrogen-bond donors (Lipinski definition) is 0. The number of rotatable bonds is 2. The molecule has 0 N–H and O–H groups in total. The van der Waals surface area contributed by atoms with Crippen LogP contribution >= 0.6 is 34.8 Å². The molecule has 0 atom stereocenters. The van der Waals surface area contributed by atoms with Crippen molar-refractivity contribution in [2.45, 2.75) is 0 Å². The largest absolute Gasteiger partial charge is 0.334 e. The summed E-state index contributed by atoms with van der Waals surface area (Å²) >= 11 is 17.9. The first-order valence-electron chi connectivity index (χ1n) is 5.54. The lowest BCUT2D eigenvalue weighted by molar-refractivity contribution is 0.432. The molecule has 4 nitrogen and oxygen atoms in total. The van der Waals surface area contributed by atoms with Gasteiger partial charge in [-0.2, -0.15) is 4.98 Å². The maximum atomic E-state index is 6.10. The molecule has 0 saturated carbocycles. The molecule has 0 aliphatic rings. The van der Waals surface area contributed by atoms with E-state index in [0.717, 1.165) is 0 Å². The number of pyridine rings is 1. The van der Waals surface area contributed by atoms with E-state index in [1.165, 1.54) is 0 Å². The predicted octanol–water partition coefficient (Wildman–Crippen LogP) is 4.76. The third-order valence-electron chi connectivity index (χ3n) is 2.57. The minimum absolute atomic E-state index is 0.334. The van der Waals surface area contributed by atoms with E-state index in [0.29, 0.717) is 38.0 Å². The molecule has 100 valence electrons. The van der Waals surface area contributed by atoms with Gasteiger partial charge in [-0.05, 0) is 30.3 Å². The van der Waals surface area contributed by atoms with Crippen molar-refractivity contribution in [1.29, 1.82) is 0 Å². The average Bonchev–Trinajstić information content (AvgIpc) is 2.91. The van der Waals surface area contributed by atoms with E-state index in [-0.39, 0.29) is 0 Å². The van der Waals surface area contributed by atoms with Crippen LogP contribution in [-0.4, -0.2) is 15.1 Å². The zero-order valence-corrected chi connectivity index (χ0v) is 12.1. The third-order valence-corrected chi connectivity index (χ3v) is 3.34. The molecular formula is C13H6Cl3N3O. The Labute approximate surface area is 129 Å². The van der Waals surface area contributed by atoms with Gasteiger partial charge in [-0.25, -0.2) is 4.98 Å². The summed E-state index contributed by atoms with van der Waals surface area (Å²) in [7, 11) is 0. The van der Waals surface area contributed by atoms with Crippen LogP contribution in [0.3, 0.4) is 0 Å². The van der Waals surface area contributed by atoms with Crippen molar-refractivity contribution in [2.24, 2.45) is 0 Å². The van der Waals surface area contributed by atoms with Crippen molar-refractivity contribution in [3.05, 3.63) is 51.7 Å². The van der Waals surface area contributed by atoms with Crippen LogP contribution in [0.2, 0.25) is 15.2 Å². The summed E-state index contributed by atoms with van der Waals surface area (Å²) in [5, 5.41) is 5.29. The Balaban J connectivity index is 2.04. The van der Waals surface area contributed by atoms with E-state index in [4.69, 9.17) is 39.3 Å². The highest BCUT2D eigenvalue weighted by molar-refractivity contribution is 6.35. The number of aromatic nitrogens is 3. The molecule has 0 saturated heterocycles. The summed E-state index contributed by atoms with van der Waals surface area (Å²) in [6.45, 7) is 0. The Bertz CT molecular complexity index is 773. The Morgan fingerprint density at radius 2 is 1.85 bits per heavy atom. The van der Waals surface area contributed by atoms with E-state index >= 15 is 0 Å². The topological polar surface area (TPSA) is 51.8 Å². The Kier molecular flexibility index (Phi) is 3.61. The van der Waals surface area contributed by atoms with Crippen molar-refractivity contribution < 1.29 is 4.52 Å². The van der Waals surface area contributed by atoms with Gasteiger partial charge in [-0.1, -0.05) is 40.0 Å². The lowest BCUT2D eigenvalue weighted by Gasteiger charge is -1.98. The Hall–Kier alpha value is -1.62. The number of halogens is 3. The van der Waals surface area contributed by atoms with Gasteiger partial charge in [0.05, 0.1) is 5.02 Å². The molecule has 3 aromatic rings. The van der Waals surface area contributed by atoms with Crippen LogP contribution in [0, 0.1) is 0 Å². The molecule has 2 heterocycles. The van der Waals surface area contributed by atoms with Crippen molar-refractivity contribution in [2.75, 3.05) is 0 Å². The summed E-state index contributed by atoms with van der Waals surface area (Å²) in [5.41, 5.74) is 1.29. The van der Waals surface area contributed by atoms with Crippen LogP contribution in [-0.2, 0) is 0 Å². The average molecular weight is 327 g/mol. The van der Waals surface area contributed by atoms with Crippen molar-refractivity contribution in [3.63, 3.8) is 0 Å². The summed E-state index contributed by atoms with van der Waals surface area (Å²) in [6.07, 6.45) is 1.56. The number of benzene rings is 1. The molecule has 0 aliphatic heterocycles. The normalized spacial score (nSPS) is 10.8. The highest BCUT2D eigenvalue weighted by Gasteiger charge is 2.14. The summed E-state index contributed by atoms with van der Waals surface area (Å²) in [6, 6.07) is 8.41. The van der Waals surface area contributed by atoms with Gasteiger partial charge in [0.1, 0.15) is 5.15 Å². The maximum Gasteiger partial charge on any atom is 0.258 e. The molecular weight excluding hydrogens is 321 g/mol. The number of hydrogen-bond acceptors (Lipinski definition) is 4. The fraction of sp³-hybridized carbons (Fsp3) is 0. The van der Waals surface area contributed by atoms with Gasteiger partial charge < -0.3 is 4.52 Å². The highest BCUT2D eigenvalue weighted by atomic mass is 35.5. The Morgan fingerprint density at radius 1 is 1.00 bits per heavy atom. The van der Waals surface area contributed by atoms with E-state index in [1.54, 1.807) is 36.5 Å². The molecule has 0 radical (unpaired) electrons. The molecule has 20 heavy (non-hydrogen) atoms.